The molecule has 1 N–H and O–H groups in total. The lowest BCUT2D eigenvalue weighted by atomic mass is 10.3. The molecule has 1 aliphatic rings. The predicted molar refractivity (Wildman–Crippen MR) is 60.4 cm³/mol. The third-order valence-corrected chi connectivity index (χ3v) is 2.39. The highest BCUT2D eigenvalue weighted by atomic mass is 16.6. The fraction of sp³-hybridized carbons (Fsp3) is 0.364. The zero-order valence-electron chi connectivity index (χ0n) is 9.26. The van der Waals surface area contributed by atoms with Crippen molar-refractivity contribution in [2.75, 3.05) is 25.0 Å². The molecule has 0 atom stereocenters. The van der Waals surface area contributed by atoms with Gasteiger partial charge in [-0.15, -0.1) is 0 Å². The van der Waals surface area contributed by atoms with Crippen molar-refractivity contribution in [2.45, 2.75) is 6.42 Å². The number of rotatable bonds is 4. The maximum Gasteiger partial charge on any atom is 0.409 e. The highest BCUT2D eigenvalue weighted by Crippen LogP contribution is 2.05. The van der Waals surface area contributed by atoms with Gasteiger partial charge in [0, 0.05) is 19.2 Å². The van der Waals surface area contributed by atoms with Crippen LogP contribution in [0.5, 0.6) is 0 Å². The number of pyridine rings is 1. The summed E-state index contributed by atoms with van der Waals surface area (Å²) in [6.07, 6.45) is 1.50. The van der Waals surface area contributed by atoms with Crippen LogP contribution in [0.2, 0.25) is 0 Å². The van der Waals surface area contributed by atoms with Gasteiger partial charge in [-0.3, -0.25) is 4.79 Å². The van der Waals surface area contributed by atoms with Crippen LogP contribution in [0.1, 0.15) is 6.42 Å². The third-order valence-electron chi connectivity index (χ3n) is 2.39. The van der Waals surface area contributed by atoms with E-state index in [1.165, 1.54) is 4.90 Å². The summed E-state index contributed by atoms with van der Waals surface area (Å²) in [5.74, 6) is 0.352. The molecule has 0 aliphatic carbocycles. The van der Waals surface area contributed by atoms with E-state index in [0.717, 1.165) is 0 Å². The van der Waals surface area contributed by atoms with Crippen molar-refractivity contribution in [2.24, 2.45) is 0 Å². The number of nitrogens with zero attached hydrogens (tertiary/aromatic N) is 2. The smallest absolute Gasteiger partial charge is 0.409 e. The molecule has 0 saturated carbocycles. The Kier molecular flexibility index (Phi) is 3.54. The van der Waals surface area contributed by atoms with Gasteiger partial charge in [-0.25, -0.2) is 9.78 Å². The number of hydrogen-bond acceptors (Lipinski definition) is 4. The number of ether oxygens (including phenoxy) is 1. The molecular weight excluding hydrogens is 222 g/mol. The van der Waals surface area contributed by atoms with E-state index < -0.39 is 0 Å². The van der Waals surface area contributed by atoms with Crippen molar-refractivity contribution < 1.29 is 14.3 Å². The summed E-state index contributed by atoms with van der Waals surface area (Å²) in [6.45, 7) is 1.33. The van der Waals surface area contributed by atoms with E-state index in [0.29, 0.717) is 25.5 Å². The fourth-order valence-electron chi connectivity index (χ4n) is 1.51. The molecule has 0 aromatic carbocycles. The molecule has 6 heteroatoms. The summed E-state index contributed by atoms with van der Waals surface area (Å²) >= 11 is 0. The van der Waals surface area contributed by atoms with Crippen LogP contribution in [0.3, 0.4) is 0 Å². The van der Waals surface area contributed by atoms with Gasteiger partial charge in [-0.2, -0.15) is 0 Å². The minimum absolute atomic E-state index is 0.164. The Morgan fingerprint density at radius 1 is 1.53 bits per heavy atom. The van der Waals surface area contributed by atoms with Crippen molar-refractivity contribution in [1.29, 1.82) is 0 Å². The molecule has 1 aromatic rings. The maximum atomic E-state index is 11.5. The zero-order chi connectivity index (χ0) is 12.1. The van der Waals surface area contributed by atoms with E-state index in [9.17, 15) is 9.59 Å². The van der Waals surface area contributed by atoms with Crippen LogP contribution in [0.15, 0.2) is 24.4 Å². The van der Waals surface area contributed by atoms with Crippen LogP contribution in [0.25, 0.3) is 0 Å². The molecule has 2 rings (SSSR count). The first-order valence-electron chi connectivity index (χ1n) is 5.38. The van der Waals surface area contributed by atoms with E-state index in [2.05, 4.69) is 10.3 Å². The first-order valence-corrected chi connectivity index (χ1v) is 5.38. The Hall–Kier alpha value is -2.11. The topological polar surface area (TPSA) is 71.5 Å². The average molecular weight is 235 g/mol. The molecule has 1 saturated heterocycles. The van der Waals surface area contributed by atoms with E-state index in [1.807, 2.05) is 0 Å². The van der Waals surface area contributed by atoms with Gasteiger partial charge < -0.3 is 15.0 Å². The quantitative estimate of drug-likeness (QED) is 0.840. The molecular formula is C11H13N3O3. The molecule has 90 valence electrons. The van der Waals surface area contributed by atoms with Gasteiger partial charge in [0.15, 0.2) is 0 Å². The summed E-state index contributed by atoms with van der Waals surface area (Å²) in [5.41, 5.74) is 0. The van der Waals surface area contributed by atoms with Gasteiger partial charge in [0.25, 0.3) is 0 Å². The first kappa shape index (κ1) is 11.4. The van der Waals surface area contributed by atoms with Crippen LogP contribution < -0.4 is 5.32 Å². The van der Waals surface area contributed by atoms with Gasteiger partial charge >= 0.3 is 6.09 Å². The summed E-state index contributed by atoms with van der Waals surface area (Å²) in [4.78, 5) is 28.1. The Morgan fingerprint density at radius 2 is 2.41 bits per heavy atom. The SMILES string of the molecule is O=C(CCN1CCOC1=O)Nc1ccccn1. The fourth-order valence-corrected chi connectivity index (χ4v) is 1.51. The average Bonchev–Trinajstić information content (AvgIpc) is 2.74. The number of anilines is 1. The first-order chi connectivity index (χ1) is 8.25. The number of amides is 2. The second kappa shape index (κ2) is 5.29. The normalized spacial score (nSPS) is 14.6. The van der Waals surface area contributed by atoms with Gasteiger partial charge in [0.1, 0.15) is 12.4 Å². The van der Waals surface area contributed by atoms with Crippen molar-refractivity contribution in [3.8, 4) is 0 Å². The molecule has 1 fully saturated rings. The van der Waals surface area contributed by atoms with Crippen LogP contribution >= 0.6 is 0 Å². The van der Waals surface area contributed by atoms with Gasteiger partial charge in [0.05, 0.1) is 6.54 Å². The van der Waals surface area contributed by atoms with Crippen molar-refractivity contribution >= 4 is 17.8 Å². The molecule has 6 nitrogen and oxygen atoms in total. The lowest BCUT2D eigenvalue weighted by Gasteiger charge is -2.11. The van der Waals surface area contributed by atoms with E-state index in [-0.39, 0.29) is 18.4 Å². The summed E-state index contributed by atoms with van der Waals surface area (Å²) < 4.78 is 4.76. The van der Waals surface area contributed by atoms with Crippen molar-refractivity contribution in [3.05, 3.63) is 24.4 Å². The Balaban J connectivity index is 1.76. The van der Waals surface area contributed by atoms with Crippen molar-refractivity contribution in [1.82, 2.24) is 9.88 Å². The van der Waals surface area contributed by atoms with Gasteiger partial charge in [0.2, 0.25) is 5.91 Å². The summed E-state index contributed by atoms with van der Waals surface area (Å²) in [6, 6.07) is 5.28. The predicted octanol–water partition coefficient (Wildman–Crippen LogP) is 0.862. The number of carbonyl (C=O) groups is 2. The lowest BCUT2D eigenvalue weighted by Crippen LogP contribution is -2.28. The second-order valence-corrected chi connectivity index (χ2v) is 3.61. The largest absolute Gasteiger partial charge is 0.448 e. The molecule has 17 heavy (non-hydrogen) atoms. The zero-order valence-corrected chi connectivity index (χ0v) is 9.26. The molecule has 1 aliphatic heterocycles. The number of cyclic esters (lactones) is 1. The third kappa shape index (κ3) is 3.17. The van der Waals surface area contributed by atoms with Crippen LogP contribution in [-0.2, 0) is 9.53 Å². The Labute approximate surface area is 98.6 Å². The summed E-state index contributed by atoms with van der Waals surface area (Å²) in [5, 5.41) is 2.65. The van der Waals surface area contributed by atoms with Crippen LogP contribution in [0.4, 0.5) is 10.6 Å². The van der Waals surface area contributed by atoms with Crippen molar-refractivity contribution in [3.63, 3.8) is 0 Å². The molecule has 2 amide bonds. The molecule has 0 radical (unpaired) electrons. The highest BCUT2D eigenvalue weighted by Gasteiger charge is 2.22. The molecule has 0 spiro atoms. The Bertz CT molecular complexity index is 408. The van der Waals surface area contributed by atoms with Gasteiger partial charge in [-0.1, -0.05) is 6.07 Å². The highest BCUT2D eigenvalue weighted by molar-refractivity contribution is 5.90. The monoisotopic (exact) mass is 235 g/mol. The standard InChI is InChI=1S/C11H13N3O3/c15-10(13-9-3-1-2-5-12-9)4-6-14-7-8-17-11(14)16/h1-3,5H,4,6-8H2,(H,12,13,15). The molecule has 1 aromatic heterocycles. The van der Waals surface area contributed by atoms with E-state index >= 15 is 0 Å². The minimum atomic E-state index is -0.351. The minimum Gasteiger partial charge on any atom is -0.448 e. The summed E-state index contributed by atoms with van der Waals surface area (Å²) in [7, 11) is 0. The number of nitrogens with one attached hydrogen (secondary N) is 1. The van der Waals surface area contributed by atoms with Crippen LogP contribution in [-0.4, -0.2) is 41.6 Å². The lowest BCUT2D eigenvalue weighted by molar-refractivity contribution is -0.116. The van der Waals surface area contributed by atoms with Gasteiger partial charge in [-0.05, 0) is 12.1 Å². The van der Waals surface area contributed by atoms with E-state index in [4.69, 9.17) is 4.74 Å². The number of aromatic nitrogens is 1. The van der Waals surface area contributed by atoms with E-state index in [1.54, 1.807) is 24.4 Å². The van der Waals surface area contributed by atoms with Crippen LogP contribution in [0, 0.1) is 0 Å². The molecule has 0 bridgehead atoms. The number of carbonyl (C=O) groups excluding carboxylic acids is 2. The maximum absolute atomic E-state index is 11.5. The Morgan fingerprint density at radius 3 is 3.06 bits per heavy atom. The molecule has 0 unspecified atom stereocenters. The second-order valence-electron chi connectivity index (χ2n) is 3.61. The molecule has 2 heterocycles. The number of hydrogen-bond donors (Lipinski definition) is 1.